The lowest BCUT2D eigenvalue weighted by Crippen LogP contribution is -2.40. The number of anilines is 1. The molecule has 0 unspecified atom stereocenters. The van der Waals surface area contributed by atoms with E-state index in [9.17, 15) is 9.59 Å². The van der Waals surface area contributed by atoms with Gasteiger partial charge in [-0.1, -0.05) is 0 Å². The fourth-order valence-corrected chi connectivity index (χ4v) is 4.03. The van der Waals surface area contributed by atoms with Gasteiger partial charge in [0.2, 0.25) is 0 Å². The van der Waals surface area contributed by atoms with Crippen molar-refractivity contribution in [2.24, 2.45) is 0 Å². The lowest BCUT2D eigenvalue weighted by Gasteiger charge is -2.26. The number of H-pyrrole nitrogens is 1. The molecule has 1 fully saturated rings. The maximum atomic E-state index is 13.2. The Morgan fingerprint density at radius 2 is 1.82 bits per heavy atom. The number of aromatic amines is 1. The molecule has 1 aliphatic rings. The molecule has 1 aliphatic heterocycles. The third-order valence-electron chi connectivity index (χ3n) is 5.86. The maximum absolute atomic E-state index is 13.2. The average molecular weight is 468 g/mol. The van der Waals surface area contributed by atoms with Crippen LogP contribution in [0, 0.1) is 0 Å². The van der Waals surface area contributed by atoms with Crippen LogP contribution in [0.3, 0.4) is 0 Å². The van der Waals surface area contributed by atoms with E-state index in [4.69, 9.17) is 18.9 Å². The van der Waals surface area contributed by atoms with Gasteiger partial charge in [0, 0.05) is 35.9 Å². The molecule has 2 heterocycles. The first kappa shape index (κ1) is 23.4. The quantitative estimate of drug-likeness (QED) is 0.523. The molecular weight excluding hydrogens is 438 g/mol. The van der Waals surface area contributed by atoms with E-state index in [1.54, 1.807) is 68.7 Å². The van der Waals surface area contributed by atoms with E-state index in [0.29, 0.717) is 47.2 Å². The van der Waals surface area contributed by atoms with Crippen molar-refractivity contribution in [1.82, 2.24) is 9.88 Å². The predicted octanol–water partition coefficient (Wildman–Crippen LogP) is 3.77. The fourth-order valence-electron chi connectivity index (χ4n) is 4.03. The minimum absolute atomic E-state index is 0.0643. The molecule has 180 valence electrons. The zero-order valence-corrected chi connectivity index (χ0v) is 19.6. The number of urea groups is 1. The molecule has 1 saturated heterocycles. The summed E-state index contributed by atoms with van der Waals surface area (Å²) in [6, 6.07) is 12.1. The number of pyridine rings is 1. The molecule has 1 atom stereocenters. The molecule has 0 saturated carbocycles. The van der Waals surface area contributed by atoms with Gasteiger partial charge >= 0.3 is 6.03 Å². The van der Waals surface area contributed by atoms with Crippen molar-refractivity contribution in [3.05, 3.63) is 58.4 Å². The summed E-state index contributed by atoms with van der Waals surface area (Å²) in [6.07, 6.45) is 1.76. The summed E-state index contributed by atoms with van der Waals surface area (Å²) in [5.41, 5.74) is 1.45. The molecule has 9 nitrogen and oxygen atoms in total. The monoisotopic (exact) mass is 467 g/mol. The lowest BCUT2D eigenvalue weighted by molar-refractivity contribution is 0.0818. The summed E-state index contributed by atoms with van der Waals surface area (Å²) in [5, 5.41) is 3.68. The minimum Gasteiger partial charge on any atom is -0.497 e. The summed E-state index contributed by atoms with van der Waals surface area (Å²) in [6.45, 7) is 1.18. The van der Waals surface area contributed by atoms with Crippen LogP contribution in [0.1, 0.15) is 18.4 Å². The fraction of sp³-hybridized carbons (Fsp3) is 0.360. The molecule has 4 rings (SSSR count). The Hall–Kier alpha value is -3.72. The van der Waals surface area contributed by atoms with Crippen molar-refractivity contribution in [2.45, 2.75) is 25.5 Å². The number of ether oxygens (including phenoxy) is 4. The van der Waals surface area contributed by atoms with E-state index in [-0.39, 0.29) is 24.2 Å². The van der Waals surface area contributed by atoms with Crippen LogP contribution in [0.4, 0.5) is 10.5 Å². The normalized spacial score (nSPS) is 15.2. The van der Waals surface area contributed by atoms with E-state index >= 15 is 0 Å². The van der Waals surface area contributed by atoms with Crippen LogP contribution < -0.4 is 25.1 Å². The first-order valence-corrected chi connectivity index (χ1v) is 11.1. The van der Waals surface area contributed by atoms with Gasteiger partial charge in [-0.15, -0.1) is 0 Å². The molecule has 3 aromatic rings. The Morgan fingerprint density at radius 1 is 1.09 bits per heavy atom. The van der Waals surface area contributed by atoms with Crippen molar-refractivity contribution in [1.29, 1.82) is 0 Å². The Kier molecular flexibility index (Phi) is 7.22. The number of benzene rings is 2. The van der Waals surface area contributed by atoms with Crippen LogP contribution in [-0.4, -0.2) is 56.5 Å². The van der Waals surface area contributed by atoms with E-state index in [0.717, 1.165) is 18.2 Å². The second kappa shape index (κ2) is 10.5. The first-order valence-electron chi connectivity index (χ1n) is 11.1. The van der Waals surface area contributed by atoms with Crippen molar-refractivity contribution in [3.8, 4) is 17.2 Å². The van der Waals surface area contributed by atoms with Gasteiger partial charge in [0.05, 0.1) is 39.5 Å². The highest BCUT2D eigenvalue weighted by molar-refractivity contribution is 5.89. The van der Waals surface area contributed by atoms with Crippen LogP contribution >= 0.6 is 0 Å². The van der Waals surface area contributed by atoms with Gasteiger partial charge < -0.3 is 34.1 Å². The van der Waals surface area contributed by atoms with E-state index in [1.807, 2.05) is 0 Å². The van der Waals surface area contributed by atoms with Gasteiger partial charge in [-0.2, -0.15) is 0 Å². The summed E-state index contributed by atoms with van der Waals surface area (Å²) in [4.78, 5) is 30.6. The van der Waals surface area contributed by atoms with Gasteiger partial charge in [0.15, 0.2) is 11.5 Å². The Labute approximate surface area is 197 Å². The van der Waals surface area contributed by atoms with E-state index in [1.165, 1.54) is 0 Å². The number of carbonyl (C=O) groups is 1. The maximum Gasteiger partial charge on any atom is 0.322 e. The molecule has 2 N–H and O–H groups in total. The van der Waals surface area contributed by atoms with Crippen molar-refractivity contribution < 1.29 is 23.7 Å². The highest BCUT2D eigenvalue weighted by Gasteiger charge is 2.24. The number of hydrogen-bond acceptors (Lipinski definition) is 6. The summed E-state index contributed by atoms with van der Waals surface area (Å²) in [7, 11) is 4.69. The van der Waals surface area contributed by atoms with Crippen molar-refractivity contribution in [2.75, 3.05) is 39.8 Å². The minimum atomic E-state index is -0.313. The van der Waals surface area contributed by atoms with Crippen LogP contribution in [-0.2, 0) is 11.3 Å². The first-order chi connectivity index (χ1) is 16.5. The second-order valence-corrected chi connectivity index (χ2v) is 8.09. The van der Waals surface area contributed by atoms with Crippen LogP contribution in [0.2, 0.25) is 0 Å². The number of methoxy groups -OCH3 is 3. The molecular formula is C25H29N3O6. The summed E-state index contributed by atoms with van der Waals surface area (Å²) < 4.78 is 21.6. The SMILES string of the molecule is COc1ccc(NC(=O)N(Cc2cc3cc(OC)c(OC)cc3[nH]c2=O)C[C@H]2CCCO2)cc1. The van der Waals surface area contributed by atoms with Gasteiger partial charge in [-0.25, -0.2) is 4.79 Å². The van der Waals surface area contributed by atoms with Gasteiger partial charge in [0.25, 0.3) is 5.56 Å². The molecule has 2 amide bonds. The third-order valence-corrected chi connectivity index (χ3v) is 5.86. The third kappa shape index (κ3) is 5.26. The summed E-state index contributed by atoms with van der Waals surface area (Å²) >= 11 is 0. The number of aromatic nitrogens is 1. The summed E-state index contributed by atoms with van der Waals surface area (Å²) in [5.74, 6) is 1.78. The molecule has 34 heavy (non-hydrogen) atoms. The van der Waals surface area contributed by atoms with Crippen molar-refractivity contribution in [3.63, 3.8) is 0 Å². The molecule has 0 radical (unpaired) electrons. The number of hydrogen-bond donors (Lipinski definition) is 2. The van der Waals surface area contributed by atoms with Gasteiger partial charge in [-0.05, 0) is 49.2 Å². The molecule has 0 aliphatic carbocycles. The smallest absolute Gasteiger partial charge is 0.322 e. The standard InChI is InChI=1S/C25H29N3O6/c1-31-19-8-6-18(7-9-19)26-25(30)28(15-20-5-4-10-34-20)14-17-11-16-12-22(32-2)23(33-3)13-21(16)27-24(17)29/h6-9,11-13,20H,4-5,10,14-15H2,1-3H3,(H,26,30)(H,27,29)/t20-/m1/s1. The second-order valence-electron chi connectivity index (χ2n) is 8.09. The highest BCUT2D eigenvalue weighted by atomic mass is 16.5. The number of carbonyl (C=O) groups excluding carboxylic acids is 1. The number of amides is 2. The zero-order chi connectivity index (χ0) is 24.1. The van der Waals surface area contributed by atoms with Crippen LogP contribution in [0.5, 0.6) is 17.2 Å². The predicted molar refractivity (Wildman–Crippen MR) is 129 cm³/mol. The zero-order valence-electron chi connectivity index (χ0n) is 19.6. The molecule has 1 aromatic heterocycles. The number of nitrogens with one attached hydrogen (secondary N) is 2. The Morgan fingerprint density at radius 3 is 2.47 bits per heavy atom. The molecule has 0 spiro atoms. The molecule has 0 bridgehead atoms. The van der Waals surface area contributed by atoms with Crippen LogP contribution in [0.15, 0.2) is 47.3 Å². The van der Waals surface area contributed by atoms with E-state index in [2.05, 4.69) is 10.3 Å². The van der Waals surface area contributed by atoms with Gasteiger partial charge in [-0.3, -0.25) is 4.79 Å². The van der Waals surface area contributed by atoms with Gasteiger partial charge in [0.1, 0.15) is 5.75 Å². The number of fused-ring (bicyclic) bond motifs is 1. The highest BCUT2D eigenvalue weighted by Crippen LogP contribution is 2.31. The number of nitrogens with zero attached hydrogens (tertiary/aromatic N) is 1. The lowest BCUT2D eigenvalue weighted by atomic mass is 10.1. The Bertz CT molecular complexity index is 1200. The largest absolute Gasteiger partial charge is 0.497 e. The topological polar surface area (TPSA) is 102 Å². The average Bonchev–Trinajstić information content (AvgIpc) is 3.37. The van der Waals surface area contributed by atoms with E-state index < -0.39 is 0 Å². The van der Waals surface area contributed by atoms with Crippen molar-refractivity contribution >= 4 is 22.6 Å². The molecule has 9 heteroatoms. The molecule has 2 aromatic carbocycles. The Balaban J connectivity index is 1.61. The number of rotatable bonds is 8. The van der Waals surface area contributed by atoms with Crippen LogP contribution in [0.25, 0.3) is 10.9 Å².